The molecular weight excluding hydrogens is 212 g/mol. The third-order valence-electron chi connectivity index (χ3n) is 3.79. The fraction of sp³-hybridized carbons (Fsp3) is 0.615. The maximum atomic E-state index is 8.79. The van der Waals surface area contributed by atoms with E-state index in [-0.39, 0.29) is 0 Å². The number of nitriles is 1. The zero-order chi connectivity index (χ0) is 12.3. The van der Waals surface area contributed by atoms with Gasteiger partial charge in [0.05, 0.1) is 0 Å². The van der Waals surface area contributed by atoms with Crippen LogP contribution in [0.3, 0.4) is 0 Å². The molecule has 0 spiro atoms. The van der Waals surface area contributed by atoms with Crippen LogP contribution in [0.4, 0.5) is 5.95 Å². The molecule has 1 N–H and O–H groups in total. The van der Waals surface area contributed by atoms with Gasteiger partial charge in [-0.15, -0.1) is 0 Å². The molecule has 1 aliphatic rings. The van der Waals surface area contributed by atoms with Crippen molar-refractivity contribution in [3.05, 3.63) is 18.0 Å². The van der Waals surface area contributed by atoms with Gasteiger partial charge in [-0.1, -0.05) is 26.7 Å². The molecule has 0 amide bonds. The number of rotatable bonds is 2. The van der Waals surface area contributed by atoms with Crippen LogP contribution in [0.5, 0.6) is 0 Å². The summed E-state index contributed by atoms with van der Waals surface area (Å²) in [6.45, 7) is 4.57. The van der Waals surface area contributed by atoms with E-state index in [0.29, 0.717) is 23.6 Å². The van der Waals surface area contributed by atoms with E-state index in [1.807, 2.05) is 6.07 Å². The van der Waals surface area contributed by atoms with Gasteiger partial charge in [0.1, 0.15) is 11.8 Å². The van der Waals surface area contributed by atoms with Gasteiger partial charge in [-0.25, -0.2) is 9.97 Å². The summed E-state index contributed by atoms with van der Waals surface area (Å²) < 4.78 is 0. The molecule has 2 rings (SSSR count). The molecule has 1 aromatic rings. The lowest BCUT2D eigenvalue weighted by Gasteiger charge is -2.34. The van der Waals surface area contributed by atoms with Crippen LogP contribution in [-0.2, 0) is 0 Å². The van der Waals surface area contributed by atoms with Gasteiger partial charge in [0.25, 0.3) is 0 Å². The van der Waals surface area contributed by atoms with Crippen molar-refractivity contribution in [2.75, 3.05) is 5.32 Å². The van der Waals surface area contributed by atoms with Crippen molar-refractivity contribution >= 4 is 5.95 Å². The Bertz CT molecular complexity index is 424. The minimum Gasteiger partial charge on any atom is -0.351 e. The minimum atomic E-state index is 0.416. The molecule has 1 fully saturated rings. The quantitative estimate of drug-likeness (QED) is 0.848. The molecule has 4 heteroatoms. The number of hydrogen-bond acceptors (Lipinski definition) is 4. The number of nitrogens with zero attached hydrogens (tertiary/aromatic N) is 3. The van der Waals surface area contributed by atoms with Crippen LogP contribution in [0.2, 0.25) is 0 Å². The van der Waals surface area contributed by atoms with E-state index in [4.69, 9.17) is 5.26 Å². The Morgan fingerprint density at radius 2 is 2.24 bits per heavy atom. The summed E-state index contributed by atoms with van der Waals surface area (Å²) >= 11 is 0. The van der Waals surface area contributed by atoms with E-state index < -0.39 is 0 Å². The summed E-state index contributed by atoms with van der Waals surface area (Å²) in [6.07, 6.45) is 5.34. The van der Waals surface area contributed by atoms with Crippen molar-refractivity contribution in [1.29, 1.82) is 5.26 Å². The molecule has 1 aliphatic carbocycles. The predicted octanol–water partition coefficient (Wildman–Crippen LogP) is 2.58. The molecule has 90 valence electrons. The first kappa shape index (κ1) is 11.8. The highest BCUT2D eigenvalue weighted by Crippen LogP contribution is 2.30. The average Bonchev–Trinajstić information content (AvgIpc) is 2.35. The molecule has 17 heavy (non-hydrogen) atoms. The molecule has 0 aliphatic heterocycles. The lowest BCUT2D eigenvalue weighted by atomic mass is 9.78. The molecule has 0 saturated heterocycles. The molecule has 3 unspecified atom stereocenters. The van der Waals surface area contributed by atoms with Gasteiger partial charge in [0.15, 0.2) is 0 Å². The van der Waals surface area contributed by atoms with Gasteiger partial charge in [-0.3, -0.25) is 0 Å². The normalized spacial score (nSPS) is 28.4. The monoisotopic (exact) mass is 230 g/mol. The second-order valence-corrected chi connectivity index (χ2v) is 4.90. The molecule has 1 heterocycles. The largest absolute Gasteiger partial charge is 0.351 e. The van der Waals surface area contributed by atoms with Gasteiger partial charge in [0, 0.05) is 12.2 Å². The Hall–Kier alpha value is -1.63. The van der Waals surface area contributed by atoms with Gasteiger partial charge in [0.2, 0.25) is 5.95 Å². The maximum Gasteiger partial charge on any atom is 0.224 e. The van der Waals surface area contributed by atoms with Crippen LogP contribution >= 0.6 is 0 Å². The van der Waals surface area contributed by atoms with Crippen LogP contribution in [-0.4, -0.2) is 16.0 Å². The van der Waals surface area contributed by atoms with Crippen molar-refractivity contribution in [3.8, 4) is 6.07 Å². The predicted molar refractivity (Wildman–Crippen MR) is 66.3 cm³/mol. The van der Waals surface area contributed by atoms with Crippen molar-refractivity contribution in [3.63, 3.8) is 0 Å². The van der Waals surface area contributed by atoms with E-state index in [1.165, 1.54) is 12.8 Å². The SMILES string of the molecule is CC1CCCC(Nc2nccc(C#N)n2)C1C. The second-order valence-electron chi connectivity index (χ2n) is 4.90. The highest BCUT2D eigenvalue weighted by molar-refractivity contribution is 5.31. The van der Waals surface area contributed by atoms with E-state index in [0.717, 1.165) is 12.3 Å². The minimum absolute atomic E-state index is 0.416. The summed E-state index contributed by atoms with van der Waals surface area (Å²) in [7, 11) is 0. The topological polar surface area (TPSA) is 61.6 Å². The molecule has 0 radical (unpaired) electrons. The highest BCUT2D eigenvalue weighted by atomic mass is 15.1. The Balaban J connectivity index is 2.07. The molecule has 4 nitrogen and oxygen atoms in total. The smallest absolute Gasteiger partial charge is 0.224 e. The van der Waals surface area contributed by atoms with Crippen LogP contribution in [0, 0.1) is 23.2 Å². The summed E-state index contributed by atoms with van der Waals surface area (Å²) in [4.78, 5) is 8.33. The first-order valence-electron chi connectivity index (χ1n) is 6.20. The van der Waals surface area contributed by atoms with E-state index in [1.54, 1.807) is 12.3 Å². The zero-order valence-corrected chi connectivity index (χ0v) is 10.3. The fourth-order valence-corrected chi connectivity index (χ4v) is 2.44. The first-order chi connectivity index (χ1) is 8.20. The summed E-state index contributed by atoms with van der Waals surface area (Å²) in [5.74, 6) is 1.94. The molecule has 1 saturated carbocycles. The third-order valence-corrected chi connectivity index (χ3v) is 3.79. The Morgan fingerprint density at radius 3 is 3.00 bits per heavy atom. The molecule has 3 atom stereocenters. The zero-order valence-electron chi connectivity index (χ0n) is 10.3. The number of nitrogens with one attached hydrogen (secondary N) is 1. The Labute approximate surface area is 102 Å². The van der Waals surface area contributed by atoms with Crippen molar-refractivity contribution < 1.29 is 0 Å². The van der Waals surface area contributed by atoms with Crippen LogP contribution in [0.1, 0.15) is 38.8 Å². The summed E-state index contributed by atoms with van der Waals surface area (Å²) in [6, 6.07) is 4.08. The van der Waals surface area contributed by atoms with Crippen LogP contribution < -0.4 is 5.32 Å². The fourth-order valence-electron chi connectivity index (χ4n) is 2.44. The third kappa shape index (κ3) is 2.73. The molecule has 1 aromatic heterocycles. The van der Waals surface area contributed by atoms with Gasteiger partial charge in [-0.2, -0.15) is 5.26 Å². The molecule has 0 bridgehead atoms. The van der Waals surface area contributed by atoms with Crippen molar-refractivity contribution in [2.45, 2.75) is 39.2 Å². The van der Waals surface area contributed by atoms with Crippen LogP contribution in [0.25, 0.3) is 0 Å². The number of anilines is 1. The van der Waals surface area contributed by atoms with Gasteiger partial charge < -0.3 is 5.32 Å². The average molecular weight is 230 g/mol. The number of aromatic nitrogens is 2. The molecule has 0 aromatic carbocycles. The highest BCUT2D eigenvalue weighted by Gasteiger charge is 2.27. The van der Waals surface area contributed by atoms with E-state index >= 15 is 0 Å². The van der Waals surface area contributed by atoms with E-state index in [2.05, 4.69) is 29.1 Å². The standard InChI is InChI=1S/C13H18N4/c1-9-4-3-5-12(10(9)2)17-13-15-7-6-11(8-14)16-13/h6-7,9-10,12H,3-5H2,1-2H3,(H,15,16,17). The van der Waals surface area contributed by atoms with Gasteiger partial charge >= 0.3 is 0 Å². The first-order valence-corrected chi connectivity index (χ1v) is 6.20. The summed E-state index contributed by atoms with van der Waals surface area (Å²) in [5.41, 5.74) is 0.416. The second kappa shape index (κ2) is 5.13. The number of hydrogen-bond donors (Lipinski definition) is 1. The maximum absolute atomic E-state index is 8.79. The summed E-state index contributed by atoms with van der Waals surface area (Å²) in [5, 5.41) is 12.2. The molecular formula is C13H18N4. The van der Waals surface area contributed by atoms with Crippen molar-refractivity contribution in [1.82, 2.24) is 9.97 Å². The lowest BCUT2D eigenvalue weighted by Crippen LogP contribution is -2.35. The lowest BCUT2D eigenvalue weighted by molar-refractivity contribution is 0.252. The van der Waals surface area contributed by atoms with Gasteiger partial charge in [-0.05, 0) is 24.3 Å². The van der Waals surface area contributed by atoms with Crippen molar-refractivity contribution in [2.24, 2.45) is 11.8 Å². The van der Waals surface area contributed by atoms with Crippen LogP contribution in [0.15, 0.2) is 12.3 Å². The Morgan fingerprint density at radius 1 is 1.41 bits per heavy atom. The Kier molecular flexibility index (Phi) is 3.58. The van der Waals surface area contributed by atoms with E-state index in [9.17, 15) is 0 Å².